The molecule has 0 saturated heterocycles. The molecule has 2 rings (SSSR count). The van der Waals surface area contributed by atoms with Crippen molar-refractivity contribution in [2.45, 2.75) is 32.1 Å². The van der Waals surface area contributed by atoms with Gasteiger partial charge in [-0.25, -0.2) is 4.39 Å². The molecule has 1 heteroatoms. The van der Waals surface area contributed by atoms with Crippen molar-refractivity contribution < 1.29 is 4.39 Å². The minimum absolute atomic E-state index is 0.158. The average molecular weight is 177 g/mol. The van der Waals surface area contributed by atoms with Crippen LogP contribution in [0.4, 0.5) is 4.39 Å². The van der Waals surface area contributed by atoms with E-state index in [1.807, 2.05) is 6.08 Å². The maximum atomic E-state index is 13.2. The highest BCUT2D eigenvalue weighted by Gasteiger charge is 2.15. The summed E-state index contributed by atoms with van der Waals surface area (Å²) in [5.74, 6) is 0.462. The first kappa shape index (κ1) is 8.74. The van der Waals surface area contributed by atoms with Crippen LogP contribution in [0, 0.1) is 12.0 Å². The fourth-order valence-corrected chi connectivity index (χ4v) is 2.05. The molecule has 0 bridgehead atoms. The summed E-state index contributed by atoms with van der Waals surface area (Å²) in [4.78, 5) is 0. The van der Waals surface area contributed by atoms with Crippen LogP contribution in [-0.4, -0.2) is 0 Å². The SMILES string of the molecule is FC1=[C]C=CCC1=CC1CCCC1. The summed E-state index contributed by atoms with van der Waals surface area (Å²) in [6.45, 7) is 0. The van der Waals surface area contributed by atoms with Gasteiger partial charge in [-0.1, -0.05) is 31.1 Å². The molecular formula is C12H14F. The lowest BCUT2D eigenvalue weighted by Gasteiger charge is -2.08. The van der Waals surface area contributed by atoms with Gasteiger partial charge in [-0.3, -0.25) is 0 Å². The zero-order chi connectivity index (χ0) is 9.10. The molecule has 0 nitrogen and oxygen atoms in total. The summed E-state index contributed by atoms with van der Waals surface area (Å²) in [5, 5.41) is 0. The third kappa shape index (κ3) is 2.09. The van der Waals surface area contributed by atoms with Gasteiger partial charge in [-0.2, -0.15) is 0 Å². The van der Waals surface area contributed by atoms with Gasteiger partial charge >= 0.3 is 0 Å². The Morgan fingerprint density at radius 3 is 2.85 bits per heavy atom. The van der Waals surface area contributed by atoms with Gasteiger partial charge in [0, 0.05) is 6.08 Å². The number of rotatable bonds is 1. The van der Waals surface area contributed by atoms with Crippen molar-refractivity contribution in [1.82, 2.24) is 0 Å². The molecule has 0 aliphatic heterocycles. The minimum Gasteiger partial charge on any atom is -0.206 e. The molecule has 2 aliphatic rings. The molecule has 13 heavy (non-hydrogen) atoms. The van der Waals surface area contributed by atoms with E-state index in [9.17, 15) is 4.39 Å². The zero-order valence-electron chi connectivity index (χ0n) is 7.72. The second-order valence-corrected chi connectivity index (χ2v) is 3.80. The molecule has 1 saturated carbocycles. The number of hydrogen-bond acceptors (Lipinski definition) is 0. The molecule has 0 atom stereocenters. The second kappa shape index (κ2) is 3.91. The van der Waals surface area contributed by atoms with Gasteiger partial charge in [0.1, 0.15) is 5.83 Å². The quantitative estimate of drug-likeness (QED) is 0.572. The molecule has 0 aromatic heterocycles. The Balaban J connectivity index is 2.06. The molecule has 0 unspecified atom stereocenters. The summed E-state index contributed by atoms with van der Waals surface area (Å²) < 4.78 is 13.2. The van der Waals surface area contributed by atoms with Crippen molar-refractivity contribution in [2.24, 2.45) is 5.92 Å². The molecule has 0 amide bonds. The van der Waals surface area contributed by atoms with E-state index in [1.165, 1.54) is 25.7 Å². The van der Waals surface area contributed by atoms with Gasteiger partial charge in [0.15, 0.2) is 0 Å². The summed E-state index contributed by atoms with van der Waals surface area (Å²) in [7, 11) is 0. The predicted molar refractivity (Wildman–Crippen MR) is 51.7 cm³/mol. The Hall–Kier alpha value is -0.850. The first-order chi connectivity index (χ1) is 6.36. The van der Waals surface area contributed by atoms with Crippen molar-refractivity contribution in [3.63, 3.8) is 0 Å². The van der Waals surface area contributed by atoms with E-state index in [0.29, 0.717) is 5.92 Å². The first-order valence-electron chi connectivity index (χ1n) is 5.01. The molecule has 69 valence electrons. The maximum absolute atomic E-state index is 13.2. The monoisotopic (exact) mass is 177 g/mol. The van der Waals surface area contributed by atoms with Crippen molar-refractivity contribution in [3.8, 4) is 0 Å². The van der Waals surface area contributed by atoms with Gasteiger partial charge in [0.2, 0.25) is 0 Å². The molecule has 0 N–H and O–H groups in total. The van der Waals surface area contributed by atoms with Crippen LogP contribution in [0.25, 0.3) is 0 Å². The Morgan fingerprint density at radius 2 is 2.15 bits per heavy atom. The van der Waals surface area contributed by atoms with Gasteiger partial charge in [-0.15, -0.1) is 0 Å². The van der Waals surface area contributed by atoms with Crippen molar-refractivity contribution >= 4 is 0 Å². The fraction of sp³-hybridized carbons (Fsp3) is 0.500. The van der Waals surface area contributed by atoms with E-state index in [2.05, 4.69) is 12.2 Å². The molecule has 0 aromatic rings. The highest BCUT2D eigenvalue weighted by Crippen LogP contribution is 2.30. The van der Waals surface area contributed by atoms with Crippen LogP contribution < -0.4 is 0 Å². The lowest BCUT2D eigenvalue weighted by atomic mass is 9.99. The van der Waals surface area contributed by atoms with Gasteiger partial charge < -0.3 is 0 Å². The number of allylic oxidation sites excluding steroid dienone is 6. The van der Waals surface area contributed by atoms with Crippen LogP contribution in [-0.2, 0) is 0 Å². The van der Waals surface area contributed by atoms with Crippen LogP contribution in [0.15, 0.2) is 29.6 Å². The summed E-state index contributed by atoms with van der Waals surface area (Å²) in [6, 6.07) is 0. The molecule has 2 aliphatic carbocycles. The first-order valence-corrected chi connectivity index (χ1v) is 5.01. The molecule has 0 spiro atoms. The van der Waals surface area contributed by atoms with Gasteiger partial charge in [-0.05, 0) is 30.8 Å². The standard InChI is InChI=1S/C12H14F/c13-12-8-4-3-7-11(12)9-10-5-1-2-6-10/h3-4,9-10H,1-2,5-7H2. The van der Waals surface area contributed by atoms with Crippen LogP contribution in [0.2, 0.25) is 0 Å². The van der Waals surface area contributed by atoms with Crippen molar-refractivity contribution in [3.05, 3.63) is 35.7 Å². The van der Waals surface area contributed by atoms with Crippen LogP contribution in [0.5, 0.6) is 0 Å². The minimum atomic E-state index is -0.158. The van der Waals surface area contributed by atoms with Gasteiger partial charge in [0.25, 0.3) is 0 Å². The fourth-order valence-electron chi connectivity index (χ4n) is 2.05. The van der Waals surface area contributed by atoms with Crippen LogP contribution >= 0.6 is 0 Å². The lowest BCUT2D eigenvalue weighted by molar-refractivity contribution is 0.622. The second-order valence-electron chi connectivity index (χ2n) is 3.80. The third-order valence-corrected chi connectivity index (χ3v) is 2.78. The summed E-state index contributed by atoms with van der Waals surface area (Å²) >= 11 is 0. The normalized spacial score (nSPS) is 26.8. The Morgan fingerprint density at radius 1 is 1.38 bits per heavy atom. The zero-order valence-corrected chi connectivity index (χ0v) is 7.72. The molecular weight excluding hydrogens is 163 g/mol. The van der Waals surface area contributed by atoms with Crippen molar-refractivity contribution in [2.75, 3.05) is 0 Å². The van der Waals surface area contributed by atoms with E-state index in [-0.39, 0.29) is 5.83 Å². The largest absolute Gasteiger partial charge is 0.206 e. The van der Waals surface area contributed by atoms with E-state index in [1.54, 1.807) is 6.08 Å². The molecule has 1 radical (unpaired) electrons. The predicted octanol–water partition coefficient (Wildman–Crippen LogP) is 3.72. The Kier molecular flexibility index (Phi) is 2.62. The topological polar surface area (TPSA) is 0 Å². The van der Waals surface area contributed by atoms with E-state index in [4.69, 9.17) is 0 Å². The maximum Gasteiger partial charge on any atom is 0.134 e. The molecule has 0 aromatic carbocycles. The third-order valence-electron chi connectivity index (χ3n) is 2.78. The van der Waals surface area contributed by atoms with E-state index in [0.717, 1.165) is 12.0 Å². The average Bonchev–Trinajstić information content (AvgIpc) is 2.61. The highest BCUT2D eigenvalue weighted by atomic mass is 19.1. The van der Waals surface area contributed by atoms with Gasteiger partial charge in [0.05, 0.1) is 0 Å². The molecule has 1 fully saturated rings. The van der Waals surface area contributed by atoms with Crippen LogP contribution in [0.3, 0.4) is 0 Å². The smallest absolute Gasteiger partial charge is 0.134 e. The lowest BCUT2D eigenvalue weighted by Crippen LogP contribution is -1.94. The van der Waals surface area contributed by atoms with Crippen molar-refractivity contribution in [1.29, 1.82) is 0 Å². The van der Waals surface area contributed by atoms with E-state index < -0.39 is 0 Å². The van der Waals surface area contributed by atoms with Crippen LogP contribution in [0.1, 0.15) is 32.1 Å². The number of halogens is 1. The summed E-state index contributed by atoms with van der Waals surface area (Å²) in [5.41, 5.74) is 0.842. The summed E-state index contributed by atoms with van der Waals surface area (Å²) in [6.07, 6.45) is 14.2. The number of hydrogen-bond donors (Lipinski definition) is 0. The molecule has 0 heterocycles. The Labute approximate surface area is 78.8 Å². The highest BCUT2D eigenvalue weighted by molar-refractivity contribution is 5.32. The van der Waals surface area contributed by atoms with E-state index >= 15 is 0 Å². The Bertz CT molecular complexity index is 265.